The lowest BCUT2D eigenvalue weighted by molar-refractivity contribution is -0.137. The molecule has 1 fully saturated rings. The summed E-state index contributed by atoms with van der Waals surface area (Å²) in [6.45, 7) is 3.49. The lowest BCUT2D eigenvalue weighted by atomic mass is 9.77. The summed E-state index contributed by atoms with van der Waals surface area (Å²) in [5, 5.41) is 11.1. The Morgan fingerprint density at radius 2 is 1.42 bits per heavy atom. The number of benzene rings is 6. The molecule has 0 radical (unpaired) electrons. The van der Waals surface area contributed by atoms with Gasteiger partial charge in [0.05, 0.1) is 22.2 Å². The van der Waals surface area contributed by atoms with Crippen molar-refractivity contribution in [3.63, 3.8) is 0 Å². The molecule has 1 unspecified atom stereocenters. The highest BCUT2D eigenvalue weighted by atomic mass is 35.5. The molecule has 6 aromatic rings. The maximum absolute atomic E-state index is 13.2. The molecule has 2 heterocycles. The molecule has 6 aromatic carbocycles. The second-order valence-corrected chi connectivity index (χ2v) is 17.3. The predicted octanol–water partition coefficient (Wildman–Crippen LogP) is 12.9. The van der Waals surface area contributed by atoms with Crippen molar-refractivity contribution in [2.24, 2.45) is 5.92 Å². The van der Waals surface area contributed by atoms with Gasteiger partial charge in [0.2, 0.25) is 6.79 Å². The normalized spacial score (nSPS) is 19.0. The molecule has 348 valence electrons. The molecule has 1 aliphatic carbocycles. The third kappa shape index (κ3) is 13.0. The lowest BCUT2D eigenvalue weighted by Crippen LogP contribution is -2.38. The van der Waals surface area contributed by atoms with Crippen molar-refractivity contribution in [3.05, 3.63) is 189 Å². The van der Waals surface area contributed by atoms with Crippen molar-refractivity contribution < 1.29 is 36.5 Å². The molecular weight excluding hydrogens is 889 g/mol. The molecule has 9 rings (SSSR count). The molecule has 0 amide bonds. The second kappa shape index (κ2) is 23.4. The van der Waals surface area contributed by atoms with Crippen LogP contribution in [0.3, 0.4) is 0 Å². The fourth-order valence-electron chi connectivity index (χ4n) is 8.71. The molecule has 13 heteroatoms. The van der Waals surface area contributed by atoms with Crippen LogP contribution < -0.4 is 34.9 Å². The van der Waals surface area contributed by atoms with Gasteiger partial charge < -0.3 is 34.9 Å². The first-order valence-corrected chi connectivity index (χ1v) is 23.0. The van der Waals surface area contributed by atoms with Crippen molar-refractivity contribution >= 4 is 23.2 Å². The molecule has 2 aliphatic heterocycles. The number of halogens is 6. The average Bonchev–Trinajstić information content (AvgIpc) is 3.82. The predicted molar refractivity (Wildman–Crippen MR) is 254 cm³/mol. The molecule has 66 heavy (non-hydrogen) atoms. The highest BCUT2D eigenvalue weighted by Gasteiger charge is 2.31. The van der Waals surface area contributed by atoms with Crippen LogP contribution in [-0.4, -0.2) is 47.1 Å². The highest BCUT2D eigenvalue weighted by molar-refractivity contribution is 6.42. The summed E-state index contributed by atoms with van der Waals surface area (Å²) in [4.78, 5) is 0. The zero-order valence-corrected chi connectivity index (χ0v) is 38.4. The van der Waals surface area contributed by atoms with Crippen LogP contribution in [0.1, 0.15) is 83.0 Å². The van der Waals surface area contributed by atoms with Crippen molar-refractivity contribution in [3.8, 4) is 23.0 Å². The Bertz CT molecular complexity index is 2440. The van der Waals surface area contributed by atoms with E-state index in [1.165, 1.54) is 46.5 Å². The molecule has 5 atom stereocenters. The minimum atomic E-state index is -4.33. The van der Waals surface area contributed by atoms with Crippen LogP contribution in [0.25, 0.3) is 0 Å². The standard InChI is InChI=1S/C19H20FNO3.C17H17Cl2N.C17H18F3NO/c20-15-3-1-13(2-4-15)17-7-8-21-10-14(17)11-22-16-5-6-18-19(9-16)24-12-23-18;1-20-17-9-7-12(13-4-2-3-5-14(13)17)11-6-8-15(18)16(19)10-11;1-21-12-11-16(13-5-3-2-4-6-13)22-15-9-7-14(8-10-15)17(18,19)20/h1-6,9,14,17,21H,7-8,10-12H2;2-6,8,10,12,17,20H,7,9H2,1H3;2-10,16,21H,11-12H2,1H3/t14-,17-;12-,17-;/m00./s1. The number of fused-ring (bicyclic) bond motifs is 2. The zero-order valence-electron chi connectivity index (χ0n) is 36.9. The topological polar surface area (TPSA) is 73.0 Å². The molecule has 0 aromatic heterocycles. The van der Waals surface area contributed by atoms with E-state index in [0.717, 1.165) is 80.3 Å². The summed E-state index contributed by atoms with van der Waals surface area (Å²) in [5.41, 5.74) is 5.55. The van der Waals surface area contributed by atoms with Gasteiger partial charge in [-0.2, -0.15) is 13.2 Å². The van der Waals surface area contributed by atoms with Crippen molar-refractivity contribution in [1.82, 2.24) is 16.0 Å². The first kappa shape index (κ1) is 48.6. The van der Waals surface area contributed by atoms with Crippen molar-refractivity contribution in [2.75, 3.05) is 47.1 Å². The van der Waals surface area contributed by atoms with E-state index in [-0.39, 0.29) is 18.7 Å². The van der Waals surface area contributed by atoms with Gasteiger partial charge in [-0.05, 0) is 141 Å². The van der Waals surface area contributed by atoms with Crippen LogP contribution >= 0.6 is 23.2 Å². The van der Waals surface area contributed by atoms with Crippen molar-refractivity contribution in [1.29, 1.82) is 0 Å². The first-order valence-electron chi connectivity index (χ1n) is 22.2. The Morgan fingerprint density at radius 3 is 2.14 bits per heavy atom. The van der Waals surface area contributed by atoms with Gasteiger partial charge in [-0.25, -0.2) is 4.39 Å². The summed E-state index contributed by atoms with van der Waals surface area (Å²) in [6.07, 6.45) is -0.518. The Labute approximate surface area is 394 Å². The molecule has 0 spiro atoms. The van der Waals surface area contributed by atoms with E-state index in [0.29, 0.717) is 46.2 Å². The van der Waals surface area contributed by atoms with Crippen LogP contribution in [-0.2, 0) is 6.18 Å². The number of rotatable bonds is 12. The van der Waals surface area contributed by atoms with E-state index in [1.807, 2.05) is 86.9 Å². The van der Waals surface area contributed by atoms with E-state index in [1.54, 1.807) is 0 Å². The quantitative estimate of drug-likeness (QED) is 0.106. The lowest BCUT2D eigenvalue weighted by Gasteiger charge is -2.32. The van der Waals surface area contributed by atoms with E-state index in [4.69, 9.17) is 42.1 Å². The third-order valence-corrected chi connectivity index (χ3v) is 12.9. The fraction of sp³-hybridized carbons (Fsp3) is 0.321. The van der Waals surface area contributed by atoms with Gasteiger partial charge in [0.1, 0.15) is 23.4 Å². The zero-order chi connectivity index (χ0) is 46.5. The van der Waals surface area contributed by atoms with E-state index in [9.17, 15) is 17.6 Å². The minimum absolute atomic E-state index is 0.194. The maximum Gasteiger partial charge on any atom is 0.416 e. The number of alkyl halides is 3. The number of nitrogens with one attached hydrogen (secondary N) is 3. The fourth-order valence-corrected chi connectivity index (χ4v) is 9.01. The second-order valence-electron chi connectivity index (χ2n) is 16.4. The molecule has 1 saturated heterocycles. The smallest absolute Gasteiger partial charge is 0.416 e. The van der Waals surface area contributed by atoms with Gasteiger partial charge in [-0.1, -0.05) is 96.0 Å². The molecule has 0 saturated carbocycles. The molecular formula is C53H55Cl2F4N3O4. The number of piperidine rings is 1. The van der Waals surface area contributed by atoms with Crippen LogP contribution in [0.15, 0.2) is 140 Å². The summed E-state index contributed by atoms with van der Waals surface area (Å²) < 4.78 is 73.4. The molecule has 3 aliphatic rings. The van der Waals surface area contributed by atoms with Gasteiger partial charge in [-0.3, -0.25) is 0 Å². The SMILES string of the molecule is CNCCC(Oc1ccc(C(F)(F)F)cc1)c1ccccc1.CN[C@H]1CC[C@@H](c2ccc(Cl)c(Cl)c2)c2ccccc21.Fc1ccc([C@@H]2CCNC[C@H]2COc2ccc3c(c2)OCO3)cc1. The van der Waals surface area contributed by atoms with E-state index >= 15 is 0 Å². The highest BCUT2D eigenvalue weighted by Crippen LogP contribution is 2.42. The maximum atomic E-state index is 13.2. The molecule has 0 bridgehead atoms. The van der Waals surface area contributed by atoms with Crippen LogP contribution in [0.2, 0.25) is 10.0 Å². The first-order chi connectivity index (χ1) is 32.0. The van der Waals surface area contributed by atoms with Crippen LogP contribution in [0.5, 0.6) is 23.0 Å². The van der Waals surface area contributed by atoms with E-state index < -0.39 is 11.7 Å². The summed E-state index contributed by atoms with van der Waals surface area (Å²) in [5.74, 6) is 3.62. The van der Waals surface area contributed by atoms with Crippen molar-refractivity contribution in [2.45, 2.75) is 55.8 Å². The van der Waals surface area contributed by atoms with Gasteiger partial charge in [-0.15, -0.1) is 0 Å². The monoisotopic (exact) mass is 943 g/mol. The van der Waals surface area contributed by atoms with Gasteiger partial charge >= 0.3 is 6.18 Å². The minimum Gasteiger partial charge on any atom is -0.493 e. The van der Waals surface area contributed by atoms with Gasteiger partial charge in [0.25, 0.3) is 0 Å². The molecule has 3 N–H and O–H groups in total. The number of ether oxygens (including phenoxy) is 4. The summed E-state index contributed by atoms with van der Waals surface area (Å²) >= 11 is 12.2. The van der Waals surface area contributed by atoms with Gasteiger partial charge in [0.15, 0.2) is 11.5 Å². The van der Waals surface area contributed by atoms with Crippen LogP contribution in [0.4, 0.5) is 17.6 Å². The average molecular weight is 945 g/mol. The molecule has 7 nitrogen and oxygen atoms in total. The Balaban J connectivity index is 0.000000148. The summed E-state index contributed by atoms with van der Waals surface area (Å²) in [6, 6.07) is 42.0. The Morgan fingerprint density at radius 1 is 0.727 bits per heavy atom. The Kier molecular flexibility index (Phi) is 17.3. The Hall–Kier alpha value is -5.30. The third-order valence-electron chi connectivity index (χ3n) is 12.2. The largest absolute Gasteiger partial charge is 0.493 e. The van der Waals surface area contributed by atoms with E-state index in [2.05, 4.69) is 46.3 Å². The number of hydrogen-bond acceptors (Lipinski definition) is 7. The van der Waals surface area contributed by atoms with Crippen LogP contribution in [0, 0.1) is 11.7 Å². The summed E-state index contributed by atoms with van der Waals surface area (Å²) in [7, 11) is 3.88. The number of hydrogen-bond donors (Lipinski definition) is 3. The van der Waals surface area contributed by atoms with Gasteiger partial charge in [0, 0.05) is 36.9 Å².